The molecule has 0 spiro atoms. The maximum absolute atomic E-state index is 12.8. The number of aliphatic imine (C=N–C) groups is 1. The molecule has 8 nitrogen and oxygen atoms in total. The number of benzene rings is 2. The molecule has 0 radical (unpaired) electrons. The number of likely N-dealkylation sites (N-methyl/N-ethyl adjacent to an activating group) is 1. The molecule has 0 unspecified atom stereocenters. The minimum Gasteiger partial charge on any atom is -0.497 e. The second-order valence-electron chi connectivity index (χ2n) is 6.65. The number of carbonyl (C=O) groups excluding carboxylic acids is 1. The fourth-order valence-corrected chi connectivity index (χ4v) is 4.03. The van der Waals surface area contributed by atoms with Gasteiger partial charge in [-0.3, -0.25) is 19.8 Å². The Morgan fingerprint density at radius 2 is 1.90 bits per heavy atom. The minimum absolute atomic E-state index is 0.00441. The van der Waals surface area contributed by atoms with Crippen molar-refractivity contribution in [3.63, 3.8) is 0 Å². The Bertz CT molecular complexity index is 1210. The van der Waals surface area contributed by atoms with E-state index in [1.165, 1.54) is 28.8 Å². The molecule has 1 fully saturated rings. The number of ether oxygens (including phenoxy) is 1. The lowest BCUT2D eigenvalue weighted by atomic mass is 10.2. The van der Waals surface area contributed by atoms with Gasteiger partial charge in [-0.15, -0.1) is 0 Å². The van der Waals surface area contributed by atoms with E-state index in [2.05, 4.69) is 4.99 Å². The maximum Gasteiger partial charge on any atom is 0.271 e. The highest BCUT2D eigenvalue weighted by atomic mass is 32.2. The van der Waals surface area contributed by atoms with E-state index in [0.29, 0.717) is 21.4 Å². The number of nitro benzene ring substituents is 1. The number of hydrogen-bond donors (Lipinski definition) is 0. The van der Waals surface area contributed by atoms with E-state index in [0.717, 1.165) is 11.4 Å². The molecule has 9 heteroatoms. The number of methoxy groups -OCH3 is 1. The van der Waals surface area contributed by atoms with Crippen molar-refractivity contribution in [3.05, 3.63) is 87.6 Å². The molecule has 0 bridgehead atoms. The van der Waals surface area contributed by atoms with E-state index < -0.39 is 4.92 Å². The molecule has 0 saturated carbocycles. The SMILES string of the molecule is COc1ccc(N=C2SC(=Cc3cccn3-c3cccc([N+](=O)[O-])c3)C(=O)N2C)cc1. The van der Waals surface area contributed by atoms with Crippen molar-refractivity contribution >= 4 is 40.3 Å². The number of hydrogen-bond acceptors (Lipinski definition) is 6. The first-order valence-electron chi connectivity index (χ1n) is 9.29. The topological polar surface area (TPSA) is 90.0 Å². The van der Waals surface area contributed by atoms with Crippen LogP contribution < -0.4 is 4.74 Å². The Balaban J connectivity index is 1.64. The van der Waals surface area contributed by atoms with Gasteiger partial charge in [0.15, 0.2) is 5.17 Å². The summed E-state index contributed by atoms with van der Waals surface area (Å²) in [4.78, 5) is 30.0. The van der Waals surface area contributed by atoms with Crippen molar-refractivity contribution in [1.82, 2.24) is 9.47 Å². The zero-order valence-corrected chi connectivity index (χ0v) is 17.6. The highest BCUT2D eigenvalue weighted by Gasteiger charge is 2.30. The number of rotatable bonds is 5. The monoisotopic (exact) mass is 434 g/mol. The third-order valence-electron chi connectivity index (χ3n) is 4.68. The molecule has 2 aromatic carbocycles. The summed E-state index contributed by atoms with van der Waals surface area (Å²) in [6, 6.07) is 17.3. The van der Waals surface area contributed by atoms with Crippen molar-refractivity contribution in [3.8, 4) is 11.4 Å². The van der Waals surface area contributed by atoms with Crippen LogP contribution in [0, 0.1) is 10.1 Å². The smallest absolute Gasteiger partial charge is 0.271 e. The summed E-state index contributed by atoms with van der Waals surface area (Å²) in [6.45, 7) is 0. The Morgan fingerprint density at radius 1 is 1.13 bits per heavy atom. The Kier molecular flexibility index (Phi) is 5.59. The zero-order chi connectivity index (χ0) is 22.0. The first-order valence-corrected chi connectivity index (χ1v) is 10.1. The number of thioether (sulfide) groups is 1. The molecule has 1 aliphatic heterocycles. The van der Waals surface area contributed by atoms with Gasteiger partial charge < -0.3 is 9.30 Å². The molecular formula is C22H18N4O4S. The molecule has 3 aromatic rings. The molecule has 0 aliphatic carbocycles. The van der Waals surface area contributed by atoms with E-state index in [-0.39, 0.29) is 11.6 Å². The lowest BCUT2D eigenvalue weighted by Gasteiger charge is -2.07. The van der Waals surface area contributed by atoms with Crippen molar-refractivity contribution in [2.45, 2.75) is 0 Å². The molecule has 2 heterocycles. The maximum atomic E-state index is 12.8. The van der Waals surface area contributed by atoms with E-state index in [1.807, 2.05) is 36.4 Å². The first kappa shape index (κ1) is 20.4. The van der Waals surface area contributed by atoms with E-state index in [1.54, 1.807) is 43.1 Å². The molecule has 1 saturated heterocycles. The second-order valence-corrected chi connectivity index (χ2v) is 7.66. The lowest BCUT2D eigenvalue weighted by Crippen LogP contribution is -2.23. The fourth-order valence-electron chi connectivity index (χ4n) is 3.06. The van der Waals surface area contributed by atoms with Crippen molar-refractivity contribution in [1.29, 1.82) is 0 Å². The minimum atomic E-state index is -0.432. The second kappa shape index (κ2) is 8.49. The summed E-state index contributed by atoms with van der Waals surface area (Å²) in [5.41, 5.74) is 2.09. The molecule has 4 rings (SSSR count). The summed E-state index contributed by atoms with van der Waals surface area (Å²) in [5, 5.41) is 11.7. The van der Waals surface area contributed by atoms with Crippen molar-refractivity contribution < 1.29 is 14.5 Å². The fraction of sp³-hybridized carbons (Fsp3) is 0.0909. The number of amidine groups is 1. The highest BCUT2D eigenvalue weighted by molar-refractivity contribution is 8.18. The van der Waals surface area contributed by atoms with Gasteiger partial charge in [-0.2, -0.15) is 0 Å². The van der Waals surface area contributed by atoms with Gasteiger partial charge in [0.25, 0.3) is 11.6 Å². The predicted octanol–water partition coefficient (Wildman–Crippen LogP) is 4.63. The van der Waals surface area contributed by atoms with Gasteiger partial charge in [0.05, 0.1) is 28.3 Å². The van der Waals surface area contributed by atoms with Crippen LogP contribution >= 0.6 is 11.8 Å². The average Bonchev–Trinajstić information content (AvgIpc) is 3.35. The summed E-state index contributed by atoms with van der Waals surface area (Å²) >= 11 is 1.28. The summed E-state index contributed by atoms with van der Waals surface area (Å²) < 4.78 is 6.95. The van der Waals surface area contributed by atoms with E-state index in [4.69, 9.17) is 4.74 Å². The number of nitro groups is 1. The predicted molar refractivity (Wildman–Crippen MR) is 121 cm³/mol. The van der Waals surface area contributed by atoms with E-state index >= 15 is 0 Å². The molecule has 31 heavy (non-hydrogen) atoms. The molecule has 0 N–H and O–H groups in total. The number of amides is 1. The average molecular weight is 434 g/mol. The van der Waals surface area contributed by atoms with Crippen LogP contribution in [-0.2, 0) is 4.79 Å². The lowest BCUT2D eigenvalue weighted by molar-refractivity contribution is -0.384. The number of non-ortho nitro benzene ring substituents is 1. The third-order valence-corrected chi connectivity index (χ3v) is 5.74. The van der Waals surface area contributed by atoms with Crippen LogP contribution in [0.3, 0.4) is 0 Å². The van der Waals surface area contributed by atoms with Gasteiger partial charge in [-0.05, 0) is 60.3 Å². The van der Waals surface area contributed by atoms with Gasteiger partial charge in [0, 0.05) is 31.1 Å². The van der Waals surface area contributed by atoms with Gasteiger partial charge in [0.1, 0.15) is 5.75 Å². The van der Waals surface area contributed by atoms with Crippen LogP contribution in [-0.4, -0.2) is 39.6 Å². The molecule has 0 atom stereocenters. The summed E-state index contributed by atoms with van der Waals surface area (Å²) in [5.74, 6) is 0.569. The normalized spacial score (nSPS) is 16.3. The number of carbonyl (C=O) groups is 1. The van der Waals surface area contributed by atoms with Gasteiger partial charge in [-0.25, -0.2) is 4.99 Å². The molecule has 156 valence electrons. The zero-order valence-electron chi connectivity index (χ0n) is 16.8. The van der Waals surface area contributed by atoms with Crippen LogP contribution in [0.5, 0.6) is 5.75 Å². The molecular weight excluding hydrogens is 416 g/mol. The number of nitrogens with zero attached hydrogens (tertiary/aromatic N) is 4. The standard InChI is InChI=1S/C22H18N4O4S/c1-24-21(27)20(31-22(24)23-15-8-10-19(30-2)11-9-15)14-17-7-4-12-25(17)16-5-3-6-18(13-16)26(28)29/h3-14H,1-2H3. The van der Waals surface area contributed by atoms with Crippen molar-refractivity contribution in [2.75, 3.05) is 14.2 Å². The Morgan fingerprint density at radius 3 is 2.61 bits per heavy atom. The molecule has 1 amide bonds. The number of aromatic nitrogens is 1. The Labute approximate surface area is 182 Å². The van der Waals surface area contributed by atoms with Gasteiger partial charge in [-0.1, -0.05) is 6.07 Å². The summed E-state index contributed by atoms with van der Waals surface area (Å²) in [7, 11) is 3.28. The van der Waals surface area contributed by atoms with Crippen LogP contribution in [0.4, 0.5) is 11.4 Å². The van der Waals surface area contributed by atoms with Gasteiger partial charge in [0.2, 0.25) is 0 Å². The molecule has 1 aromatic heterocycles. The van der Waals surface area contributed by atoms with Gasteiger partial charge >= 0.3 is 0 Å². The Hall–Kier alpha value is -3.85. The van der Waals surface area contributed by atoms with Crippen LogP contribution in [0.1, 0.15) is 5.69 Å². The van der Waals surface area contributed by atoms with Crippen LogP contribution in [0.2, 0.25) is 0 Å². The first-order chi connectivity index (χ1) is 15.0. The quantitative estimate of drug-likeness (QED) is 0.332. The summed E-state index contributed by atoms with van der Waals surface area (Å²) in [6.07, 6.45) is 3.56. The van der Waals surface area contributed by atoms with Crippen molar-refractivity contribution in [2.24, 2.45) is 4.99 Å². The highest BCUT2D eigenvalue weighted by Crippen LogP contribution is 2.34. The van der Waals surface area contributed by atoms with E-state index in [9.17, 15) is 14.9 Å². The van der Waals surface area contributed by atoms with Crippen LogP contribution in [0.25, 0.3) is 11.8 Å². The largest absolute Gasteiger partial charge is 0.497 e. The molecule has 1 aliphatic rings. The van der Waals surface area contributed by atoms with Crippen LogP contribution in [0.15, 0.2) is 76.8 Å². The third kappa shape index (κ3) is 4.22.